The number of halogens is 1. The first-order chi connectivity index (χ1) is 9.10. The Labute approximate surface area is 111 Å². The van der Waals surface area contributed by atoms with Gasteiger partial charge in [-0.1, -0.05) is 0 Å². The molecule has 4 heteroatoms. The number of benzene rings is 2. The Bertz CT molecular complexity index is 584. The molecule has 2 rings (SSSR count). The molecule has 0 saturated carbocycles. The molecule has 100 valence electrons. The zero-order valence-corrected chi connectivity index (χ0v) is 10.9. The van der Waals surface area contributed by atoms with Crippen molar-refractivity contribution in [3.05, 3.63) is 53.3 Å². The first-order valence-corrected chi connectivity index (χ1v) is 5.91. The van der Waals surface area contributed by atoms with Gasteiger partial charge in [0.1, 0.15) is 23.9 Å². The molecule has 0 spiro atoms. The van der Waals surface area contributed by atoms with E-state index >= 15 is 0 Å². The number of hydrogen-bond donors (Lipinski definition) is 1. The van der Waals surface area contributed by atoms with Crippen LogP contribution in [0.15, 0.2) is 36.4 Å². The van der Waals surface area contributed by atoms with Gasteiger partial charge in [-0.25, -0.2) is 4.39 Å². The lowest BCUT2D eigenvalue weighted by Crippen LogP contribution is -2.01. The average molecular weight is 261 g/mol. The topological polar surface area (TPSA) is 44.5 Å². The van der Waals surface area contributed by atoms with E-state index < -0.39 is 0 Å². The van der Waals surface area contributed by atoms with Crippen LogP contribution >= 0.6 is 0 Å². The van der Waals surface area contributed by atoms with E-state index in [1.165, 1.54) is 12.1 Å². The molecule has 0 aromatic heterocycles. The molecule has 0 aliphatic heterocycles. The molecule has 0 fully saturated rings. The van der Waals surface area contributed by atoms with Gasteiger partial charge in [-0.05, 0) is 48.9 Å². The summed E-state index contributed by atoms with van der Waals surface area (Å²) >= 11 is 0. The molecule has 0 radical (unpaired) electrons. The highest BCUT2D eigenvalue weighted by molar-refractivity contribution is 5.47. The standard InChI is InChI=1S/C15H16FNO2/c1-10-7-12(16)3-5-14(10)19-9-11-8-13(17)4-6-15(11)18-2/h3-8H,9,17H2,1-2H3. The molecule has 2 N–H and O–H groups in total. The van der Waals surface area contributed by atoms with Crippen molar-refractivity contribution in [1.82, 2.24) is 0 Å². The predicted octanol–water partition coefficient (Wildman–Crippen LogP) is 3.30. The van der Waals surface area contributed by atoms with E-state index in [4.69, 9.17) is 15.2 Å². The van der Waals surface area contributed by atoms with Crippen molar-refractivity contribution in [2.45, 2.75) is 13.5 Å². The van der Waals surface area contributed by atoms with Crippen LogP contribution in [0.2, 0.25) is 0 Å². The zero-order valence-electron chi connectivity index (χ0n) is 10.9. The maximum Gasteiger partial charge on any atom is 0.125 e. The van der Waals surface area contributed by atoms with Crippen LogP contribution in [-0.4, -0.2) is 7.11 Å². The van der Waals surface area contributed by atoms with Crippen LogP contribution in [0, 0.1) is 12.7 Å². The molecule has 0 unspecified atom stereocenters. The average Bonchev–Trinajstić information content (AvgIpc) is 2.38. The second-order valence-corrected chi connectivity index (χ2v) is 4.27. The van der Waals surface area contributed by atoms with E-state index in [1.54, 1.807) is 38.3 Å². The minimum atomic E-state index is -0.272. The highest BCUT2D eigenvalue weighted by Gasteiger charge is 2.06. The molecule has 2 aromatic rings. The van der Waals surface area contributed by atoms with Gasteiger partial charge in [0, 0.05) is 11.3 Å². The predicted molar refractivity (Wildman–Crippen MR) is 72.9 cm³/mol. The minimum absolute atomic E-state index is 0.272. The minimum Gasteiger partial charge on any atom is -0.496 e. The number of nitrogen functional groups attached to an aromatic ring is 1. The summed E-state index contributed by atoms with van der Waals surface area (Å²) in [5.41, 5.74) is 7.99. The lowest BCUT2D eigenvalue weighted by Gasteiger charge is -2.12. The van der Waals surface area contributed by atoms with Gasteiger partial charge >= 0.3 is 0 Å². The molecule has 0 atom stereocenters. The smallest absolute Gasteiger partial charge is 0.125 e. The molecule has 2 aromatic carbocycles. The maximum absolute atomic E-state index is 13.0. The molecule has 0 saturated heterocycles. The van der Waals surface area contributed by atoms with Crippen molar-refractivity contribution in [2.24, 2.45) is 0 Å². The normalized spacial score (nSPS) is 10.3. The summed E-state index contributed by atoms with van der Waals surface area (Å²) in [5, 5.41) is 0. The van der Waals surface area contributed by atoms with Crippen molar-refractivity contribution in [3.8, 4) is 11.5 Å². The van der Waals surface area contributed by atoms with Crippen molar-refractivity contribution in [2.75, 3.05) is 12.8 Å². The lowest BCUT2D eigenvalue weighted by molar-refractivity contribution is 0.294. The van der Waals surface area contributed by atoms with E-state index in [0.29, 0.717) is 23.8 Å². The molecule has 19 heavy (non-hydrogen) atoms. The molecule has 0 heterocycles. The van der Waals surface area contributed by atoms with E-state index in [9.17, 15) is 4.39 Å². The van der Waals surface area contributed by atoms with Crippen molar-refractivity contribution in [1.29, 1.82) is 0 Å². The molecule has 0 amide bonds. The number of hydrogen-bond acceptors (Lipinski definition) is 3. The number of aryl methyl sites for hydroxylation is 1. The van der Waals surface area contributed by atoms with Gasteiger partial charge in [0.05, 0.1) is 7.11 Å². The van der Waals surface area contributed by atoms with E-state index in [0.717, 1.165) is 11.1 Å². The largest absolute Gasteiger partial charge is 0.496 e. The fourth-order valence-corrected chi connectivity index (χ4v) is 1.84. The van der Waals surface area contributed by atoms with E-state index in [-0.39, 0.29) is 5.82 Å². The number of rotatable bonds is 4. The first-order valence-electron chi connectivity index (χ1n) is 5.91. The van der Waals surface area contributed by atoms with Gasteiger partial charge in [-0.15, -0.1) is 0 Å². The Morgan fingerprint density at radius 1 is 1.11 bits per heavy atom. The Hall–Kier alpha value is -2.23. The Balaban J connectivity index is 2.16. The van der Waals surface area contributed by atoms with Crippen molar-refractivity contribution < 1.29 is 13.9 Å². The van der Waals surface area contributed by atoms with Crippen LogP contribution in [0.3, 0.4) is 0 Å². The van der Waals surface area contributed by atoms with Gasteiger partial charge in [0.2, 0.25) is 0 Å². The quantitative estimate of drug-likeness (QED) is 0.859. The molecule has 0 aliphatic carbocycles. The summed E-state index contributed by atoms with van der Waals surface area (Å²) in [6.07, 6.45) is 0. The van der Waals surface area contributed by atoms with Crippen LogP contribution in [0.4, 0.5) is 10.1 Å². The fourth-order valence-electron chi connectivity index (χ4n) is 1.84. The third kappa shape index (κ3) is 3.16. The Kier molecular flexibility index (Phi) is 3.90. The van der Waals surface area contributed by atoms with Crippen LogP contribution in [0.1, 0.15) is 11.1 Å². The molecule has 0 aliphatic rings. The highest BCUT2D eigenvalue weighted by Crippen LogP contribution is 2.24. The number of ether oxygens (including phenoxy) is 2. The number of anilines is 1. The highest BCUT2D eigenvalue weighted by atomic mass is 19.1. The molecule has 3 nitrogen and oxygen atoms in total. The SMILES string of the molecule is COc1ccc(N)cc1COc1ccc(F)cc1C. The second-order valence-electron chi connectivity index (χ2n) is 4.27. The van der Waals surface area contributed by atoms with Gasteiger partial charge in [0.15, 0.2) is 0 Å². The maximum atomic E-state index is 13.0. The molecular weight excluding hydrogens is 245 g/mol. The fraction of sp³-hybridized carbons (Fsp3) is 0.200. The van der Waals surface area contributed by atoms with Crippen molar-refractivity contribution >= 4 is 5.69 Å². The summed E-state index contributed by atoms with van der Waals surface area (Å²) in [6, 6.07) is 9.79. The van der Waals surface area contributed by atoms with Crippen LogP contribution < -0.4 is 15.2 Å². The van der Waals surface area contributed by atoms with Crippen LogP contribution in [0.25, 0.3) is 0 Å². The first kappa shape index (κ1) is 13.2. The summed E-state index contributed by atoms with van der Waals surface area (Å²) in [4.78, 5) is 0. The second kappa shape index (κ2) is 5.61. The lowest BCUT2D eigenvalue weighted by atomic mass is 10.2. The Morgan fingerprint density at radius 2 is 1.84 bits per heavy atom. The third-order valence-electron chi connectivity index (χ3n) is 2.82. The van der Waals surface area contributed by atoms with E-state index in [2.05, 4.69) is 0 Å². The van der Waals surface area contributed by atoms with Crippen LogP contribution in [-0.2, 0) is 6.61 Å². The molecular formula is C15H16FNO2. The Morgan fingerprint density at radius 3 is 2.53 bits per heavy atom. The summed E-state index contributed by atoms with van der Waals surface area (Å²) in [6.45, 7) is 2.12. The van der Waals surface area contributed by atoms with Gasteiger partial charge in [-0.2, -0.15) is 0 Å². The van der Waals surface area contributed by atoms with Crippen LogP contribution in [0.5, 0.6) is 11.5 Å². The number of nitrogens with two attached hydrogens (primary N) is 1. The summed E-state index contributed by atoms with van der Waals surface area (Å²) in [7, 11) is 1.60. The summed E-state index contributed by atoms with van der Waals surface area (Å²) < 4.78 is 23.9. The molecule has 0 bridgehead atoms. The zero-order chi connectivity index (χ0) is 13.8. The van der Waals surface area contributed by atoms with Gasteiger partial charge < -0.3 is 15.2 Å². The van der Waals surface area contributed by atoms with E-state index in [1.807, 2.05) is 0 Å². The van der Waals surface area contributed by atoms with Crippen molar-refractivity contribution in [3.63, 3.8) is 0 Å². The third-order valence-corrected chi connectivity index (χ3v) is 2.82. The van der Waals surface area contributed by atoms with Gasteiger partial charge in [0.25, 0.3) is 0 Å². The summed E-state index contributed by atoms with van der Waals surface area (Å²) in [5.74, 6) is 1.09. The monoisotopic (exact) mass is 261 g/mol. The van der Waals surface area contributed by atoms with Gasteiger partial charge in [-0.3, -0.25) is 0 Å². The number of methoxy groups -OCH3 is 1.